The SMILES string of the molecule is CCCCCC1=C(c2ccncc2)CC2(CCCC2)C1. The maximum atomic E-state index is 4.18. The number of pyridine rings is 1. The Labute approximate surface area is 123 Å². The maximum Gasteiger partial charge on any atom is 0.0273 e. The number of nitrogens with zero attached hydrogens (tertiary/aromatic N) is 1. The second-order valence-electron chi connectivity index (χ2n) is 6.84. The second-order valence-corrected chi connectivity index (χ2v) is 6.84. The lowest BCUT2D eigenvalue weighted by molar-refractivity contribution is 0.319. The molecule has 0 radical (unpaired) electrons. The van der Waals surface area contributed by atoms with Gasteiger partial charge >= 0.3 is 0 Å². The lowest BCUT2D eigenvalue weighted by Gasteiger charge is -2.23. The molecule has 1 heterocycles. The maximum absolute atomic E-state index is 4.18. The first-order valence-corrected chi connectivity index (χ1v) is 8.44. The Balaban J connectivity index is 1.81. The summed E-state index contributed by atoms with van der Waals surface area (Å²) in [4.78, 5) is 4.18. The summed E-state index contributed by atoms with van der Waals surface area (Å²) in [5.74, 6) is 0. The van der Waals surface area contributed by atoms with E-state index in [1.54, 1.807) is 11.1 Å². The van der Waals surface area contributed by atoms with E-state index in [9.17, 15) is 0 Å². The minimum absolute atomic E-state index is 0.639. The van der Waals surface area contributed by atoms with E-state index in [1.807, 2.05) is 12.4 Å². The minimum atomic E-state index is 0.639. The van der Waals surface area contributed by atoms with Gasteiger partial charge in [0.25, 0.3) is 0 Å². The molecule has 0 unspecified atom stereocenters. The molecule has 1 heteroatoms. The van der Waals surface area contributed by atoms with Crippen molar-refractivity contribution < 1.29 is 0 Å². The van der Waals surface area contributed by atoms with Gasteiger partial charge in [0.1, 0.15) is 0 Å². The van der Waals surface area contributed by atoms with Crippen LogP contribution in [0.4, 0.5) is 0 Å². The van der Waals surface area contributed by atoms with Crippen LogP contribution in [-0.2, 0) is 0 Å². The van der Waals surface area contributed by atoms with Crippen LogP contribution >= 0.6 is 0 Å². The van der Waals surface area contributed by atoms with Crippen LogP contribution in [0.25, 0.3) is 5.57 Å². The van der Waals surface area contributed by atoms with Gasteiger partial charge in [0.15, 0.2) is 0 Å². The van der Waals surface area contributed by atoms with E-state index in [4.69, 9.17) is 0 Å². The molecule has 108 valence electrons. The second kappa shape index (κ2) is 6.11. The van der Waals surface area contributed by atoms with Crippen molar-refractivity contribution in [3.63, 3.8) is 0 Å². The molecule has 0 saturated heterocycles. The number of aromatic nitrogens is 1. The van der Waals surface area contributed by atoms with Gasteiger partial charge in [0, 0.05) is 12.4 Å². The van der Waals surface area contributed by atoms with Gasteiger partial charge in [-0.25, -0.2) is 0 Å². The molecule has 0 aliphatic heterocycles. The molecule has 0 atom stereocenters. The molecule has 1 nitrogen and oxygen atoms in total. The molecule has 0 amide bonds. The van der Waals surface area contributed by atoms with Crippen molar-refractivity contribution in [2.24, 2.45) is 5.41 Å². The predicted molar refractivity (Wildman–Crippen MR) is 85.4 cm³/mol. The van der Waals surface area contributed by atoms with Gasteiger partial charge in [-0.15, -0.1) is 0 Å². The van der Waals surface area contributed by atoms with Crippen molar-refractivity contribution in [3.05, 3.63) is 35.7 Å². The molecule has 1 fully saturated rings. The zero-order valence-corrected chi connectivity index (χ0v) is 12.8. The van der Waals surface area contributed by atoms with Crippen LogP contribution < -0.4 is 0 Å². The largest absolute Gasteiger partial charge is 0.265 e. The molecule has 1 aromatic rings. The molecule has 1 saturated carbocycles. The van der Waals surface area contributed by atoms with E-state index < -0.39 is 0 Å². The van der Waals surface area contributed by atoms with Crippen molar-refractivity contribution in [1.82, 2.24) is 4.98 Å². The molecule has 3 rings (SSSR count). The topological polar surface area (TPSA) is 12.9 Å². The average molecular weight is 269 g/mol. The lowest BCUT2D eigenvalue weighted by atomic mass is 9.81. The van der Waals surface area contributed by atoms with E-state index in [1.165, 1.54) is 69.8 Å². The van der Waals surface area contributed by atoms with Crippen molar-refractivity contribution in [3.8, 4) is 0 Å². The van der Waals surface area contributed by atoms with Gasteiger partial charge in [-0.2, -0.15) is 0 Å². The van der Waals surface area contributed by atoms with Crippen LogP contribution in [-0.4, -0.2) is 4.98 Å². The van der Waals surface area contributed by atoms with E-state index in [-0.39, 0.29) is 0 Å². The van der Waals surface area contributed by atoms with Gasteiger partial charge in [0.2, 0.25) is 0 Å². The van der Waals surface area contributed by atoms with Crippen LogP contribution in [0.3, 0.4) is 0 Å². The van der Waals surface area contributed by atoms with Crippen LogP contribution in [0.5, 0.6) is 0 Å². The molecule has 1 aromatic heterocycles. The molecule has 0 aromatic carbocycles. The molecular formula is C19H27N. The highest BCUT2D eigenvalue weighted by atomic mass is 14.6. The van der Waals surface area contributed by atoms with Crippen LogP contribution in [0.2, 0.25) is 0 Å². The monoisotopic (exact) mass is 269 g/mol. The summed E-state index contributed by atoms with van der Waals surface area (Å²) in [6.07, 6.45) is 17.8. The van der Waals surface area contributed by atoms with Crippen molar-refractivity contribution in [2.45, 2.75) is 71.1 Å². The van der Waals surface area contributed by atoms with Gasteiger partial charge in [-0.1, -0.05) is 38.2 Å². The summed E-state index contributed by atoms with van der Waals surface area (Å²) >= 11 is 0. The van der Waals surface area contributed by atoms with Crippen molar-refractivity contribution in [2.75, 3.05) is 0 Å². The van der Waals surface area contributed by atoms with E-state index >= 15 is 0 Å². The number of unbranched alkanes of at least 4 members (excludes halogenated alkanes) is 2. The first kappa shape index (κ1) is 13.9. The third-order valence-corrected chi connectivity index (χ3v) is 5.34. The molecule has 20 heavy (non-hydrogen) atoms. The molecule has 1 spiro atoms. The van der Waals surface area contributed by atoms with Crippen molar-refractivity contribution in [1.29, 1.82) is 0 Å². The minimum Gasteiger partial charge on any atom is -0.265 e. The lowest BCUT2D eigenvalue weighted by Crippen LogP contribution is -2.11. The third kappa shape index (κ3) is 2.82. The Morgan fingerprint density at radius 1 is 1.05 bits per heavy atom. The Morgan fingerprint density at radius 2 is 1.80 bits per heavy atom. The molecular weight excluding hydrogens is 242 g/mol. The summed E-state index contributed by atoms with van der Waals surface area (Å²) in [7, 11) is 0. The fourth-order valence-electron chi connectivity index (χ4n) is 4.29. The zero-order valence-electron chi connectivity index (χ0n) is 12.8. The third-order valence-electron chi connectivity index (χ3n) is 5.34. The highest BCUT2D eigenvalue weighted by molar-refractivity contribution is 5.71. The normalized spacial score (nSPS) is 21.1. The van der Waals surface area contributed by atoms with Crippen LogP contribution in [0.1, 0.15) is 76.7 Å². The zero-order chi connectivity index (χ0) is 13.8. The molecule has 2 aliphatic carbocycles. The number of hydrogen-bond acceptors (Lipinski definition) is 1. The van der Waals surface area contributed by atoms with Crippen LogP contribution in [0, 0.1) is 5.41 Å². The predicted octanol–water partition coefficient (Wildman–Crippen LogP) is 5.77. The fourth-order valence-corrected chi connectivity index (χ4v) is 4.29. The fraction of sp³-hybridized carbons (Fsp3) is 0.632. The number of rotatable bonds is 5. The number of hydrogen-bond donors (Lipinski definition) is 0. The molecule has 0 N–H and O–H groups in total. The first-order chi connectivity index (χ1) is 9.83. The number of allylic oxidation sites excluding steroid dienone is 2. The van der Waals surface area contributed by atoms with Gasteiger partial charge in [0.05, 0.1) is 0 Å². The summed E-state index contributed by atoms with van der Waals surface area (Å²) in [6.45, 7) is 2.30. The van der Waals surface area contributed by atoms with E-state index in [0.717, 1.165) is 0 Å². The average Bonchev–Trinajstić information content (AvgIpc) is 3.08. The Kier molecular flexibility index (Phi) is 4.24. The van der Waals surface area contributed by atoms with Gasteiger partial charge < -0.3 is 0 Å². The van der Waals surface area contributed by atoms with Crippen LogP contribution in [0.15, 0.2) is 30.1 Å². The highest BCUT2D eigenvalue weighted by Crippen LogP contribution is 2.55. The standard InChI is InChI=1S/C19H27N/c1-2-3-4-7-17-14-19(10-5-6-11-19)15-18(17)16-8-12-20-13-9-16/h8-9,12-13H,2-7,10-11,14-15H2,1H3. The Hall–Kier alpha value is -1.11. The van der Waals surface area contributed by atoms with E-state index in [2.05, 4.69) is 24.0 Å². The quantitative estimate of drug-likeness (QED) is 0.618. The molecule has 0 bridgehead atoms. The summed E-state index contributed by atoms with van der Waals surface area (Å²) < 4.78 is 0. The molecule has 2 aliphatic rings. The first-order valence-electron chi connectivity index (χ1n) is 8.44. The van der Waals surface area contributed by atoms with Gasteiger partial charge in [-0.3, -0.25) is 4.98 Å². The van der Waals surface area contributed by atoms with Gasteiger partial charge in [-0.05, 0) is 67.2 Å². The summed E-state index contributed by atoms with van der Waals surface area (Å²) in [5, 5.41) is 0. The Bertz CT molecular complexity index is 466. The summed E-state index contributed by atoms with van der Waals surface area (Å²) in [6, 6.07) is 4.42. The summed E-state index contributed by atoms with van der Waals surface area (Å²) in [5.41, 5.74) is 5.52. The van der Waals surface area contributed by atoms with Crippen molar-refractivity contribution >= 4 is 5.57 Å². The van der Waals surface area contributed by atoms with E-state index in [0.29, 0.717) is 5.41 Å². The smallest absolute Gasteiger partial charge is 0.0273 e. The Morgan fingerprint density at radius 3 is 2.50 bits per heavy atom. The highest BCUT2D eigenvalue weighted by Gasteiger charge is 2.40.